The Morgan fingerprint density at radius 1 is 1.19 bits per heavy atom. The van der Waals surface area contributed by atoms with Crippen molar-refractivity contribution in [1.29, 1.82) is 0 Å². The monoisotopic (exact) mass is 300 g/mol. The predicted molar refractivity (Wildman–Crippen MR) is 81.1 cm³/mol. The van der Waals surface area contributed by atoms with E-state index in [0.717, 1.165) is 25.5 Å². The van der Waals surface area contributed by atoms with Crippen LogP contribution in [0.5, 0.6) is 0 Å². The average molecular weight is 300 g/mol. The summed E-state index contributed by atoms with van der Waals surface area (Å²) in [6.45, 7) is 6.27. The Kier molecular flexibility index (Phi) is 7.78. The van der Waals surface area contributed by atoms with E-state index in [1.807, 2.05) is 0 Å². The van der Waals surface area contributed by atoms with E-state index in [-0.39, 0.29) is 6.04 Å². The topological polar surface area (TPSA) is 38.5 Å². The maximum atomic E-state index is 13.3. The molecule has 0 spiro atoms. The number of nitrogens with zero attached hydrogens (tertiary/aromatic N) is 1. The van der Waals surface area contributed by atoms with Crippen molar-refractivity contribution in [3.63, 3.8) is 0 Å². The fraction of sp³-hybridized carbons (Fsp3) is 0.625. The number of hydrogen-bond donors (Lipinski definition) is 1. The van der Waals surface area contributed by atoms with Crippen LogP contribution in [0.2, 0.25) is 0 Å². The Balaban J connectivity index is 2.78. The number of rotatable bonds is 9. The highest BCUT2D eigenvalue weighted by Gasteiger charge is 2.19. The van der Waals surface area contributed by atoms with Gasteiger partial charge in [0.25, 0.3) is 0 Å². The van der Waals surface area contributed by atoms with E-state index in [1.54, 1.807) is 13.2 Å². The number of benzene rings is 1. The number of hydrogen-bond acceptors (Lipinski definition) is 3. The van der Waals surface area contributed by atoms with E-state index in [4.69, 9.17) is 10.5 Å². The number of methoxy groups -OCH3 is 1. The third-order valence-electron chi connectivity index (χ3n) is 3.84. The molecule has 3 nitrogen and oxygen atoms in total. The smallest absolute Gasteiger partial charge is 0.159 e. The van der Waals surface area contributed by atoms with Gasteiger partial charge >= 0.3 is 0 Å². The first-order valence-electron chi connectivity index (χ1n) is 7.46. The van der Waals surface area contributed by atoms with Gasteiger partial charge in [-0.3, -0.25) is 4.90 Å². The van der Waals surface area contributed by atoms with Crippen molar-refractivity contribution in [2.45, 2.75) is 38.8 Å². The molecule has 0 saturated heterocycles. The van der Waals surface area contributed by atoms with E-state index < -0.39 is 11.6 Å². The van der Waals surface area contributed by atoms with E-state index in [2.05, 4.69) is 18.7 Å². The van der Waals surface area contributed by atoms with Crippen LogP contribution in [0.25, 0.3) is 0 Å². The summed E-state index contributed by atoms with van der Waals surface area (Å²) in [7, 11) is 1.67. The van der Waals surface area contributed by atoms with Crippen molar-refractivity contribution in [3.8, 4) is 0 Å². The minimum atomic E-state index is -0.853. The Morgan fingerprint density at radius 2 is 1.86 bits per heavy atom. The minimum Gasteiger partial charge on any atom is -0.383 e. The molecule has 0 radical (unpaired) electrons. The van der Waals surface area contributed by atoms with Crippen molar-refractivity contribution < 1.29 is 13.5 Å². The van der Waals surface area contributed by atoms with Crippen LogP contribution in [-0.4, -0.2) is 37.7 Å². The van der Waals surface area contributed by atoms with Crippen molar-refractivity contribution in [1.82, 2.24) is 4.90 Å². The molecular weight excluding hydrogens is 274 g/mol. The highest BCUT2D eigenvalue weighted by atomic mass is 19.2. The highest BCUT2D eigenvalue weighted by molar-refractivity contribution is 5.21. The zero-order valence-electron chi connectivity index (χ0n) is 13.1. The standard InChI is InChI=1S/C16H26F2N2O/c1-4-13(5-2)20(8-9-21-3)11-16(19)12-6-7-14(17)15(18)10-12/h6-7,10,13,16H,4-5,8-9,11,19H2,1-3H3. The second-order valence-electron chi connectivity index (χ2n) is 5.24. The fourth-order valence-corrected chi connectivity index (χ4v) is 2.54. The van der Waals surface area contributed by atoms with Crippen molar-refractivity contribution in [2.75, 3.05) is 26.8 Å². The molecule has 0 aliphatic heterocycles. The largest absolute Gasteiger partial charge is 0.383 e. The van der Waals surface area contributed by atoms with E-state index in [1.165, 1.54) is 6.07 Å². The molecule has 1 aromatic rings. The van der Waals surface area contributed by atoms with Crippen LogP contribution in [0.3, 0.4) is 0 Å². The van der Waals surface area contributed by atoms with Crippen LogP contribution in [0.1, 0.15) is 38.3 Å². The van der Waals surface area contributed by atoms with Crippen LogP contribution < -0.4 is 5.73 Å². The fourth-order valence-electron chi connectivity index (χ4n) is 2.54. The lowest BCUT2D eigenvalue weighted by Crippen LogP contribution is -2.41. The first kappa shape index (κ1) is 18.0. The Hall–Kier alpha value is -1.04. The molecule has 5 heteroatoms. The molecule has 0 saturated carbocycles. The van der Waals surface area contributed by atoms with Gasteiger partial charge in [-0.25, -0.2) is 8.78 Å². The van der Waals surface area contributed by atoms with E-state index >= 15 is 0 Å². The summed E-state index contributed by atoms with van der Waals surface area (Å²) in [5.74, 6) is -1.70. The average Bonchev–Trinajstić information content (AvgIpc) is 2.48. The first-order valence-corrected chi connectivity index (χ1v) is 7.46. The quantitative estimate of drug-likeness (QED) is 0.761. The third kappa shape index (κ3) is 5.34. The molecule has 2 N–H and O–H groups in total. The molecule has 0 aliphatic carbocycles. The summed E-state index contributed by atoms with van der Waals surface area (Å²) < 4.78 is 31.4. The summed E-state index contributed by atoms with van der Waals surface area (Å²) in [4.78, 5) is 2.26. The van der Waals surface area contributed by atoms with Crippen LogP contribution in [-0.2, 0) is 4.74 Å². The summed E-state index contributed by atoms with van der Waals surface area (Å²) in [6.07, 6.45) is 2.04. The Bertz CT molecular complexity index is 425. The van der Waals surface area contributed by atoms with Gasteiger partial charge < -0.3 is 10.5 Å². The molecule has 1 atom stereocenters. The SMILES string of the molecule is CCC(CC)N(CCOC)CC(N)c1ccc(F)c(F)c1. The molecular formula is C16H26F2N2O. The van der Waals surface area contributed by atoms with Gasteiger partial charge in [0.15, 0.2) is 11.6 Å². The number of halogens is 2. The Labute approximate surface area is 126 Å². The second-order valence-corrected chi connectivity index (χ2v) is 5.24. The van der Waals surface area contributed by atoms with Gasteiger partial charge in [0.2, 0.25) is 0 Å². The molecule has 0 aliphatic rings. The Morgan fingerprint density at radius 3 is 2.38 bits per heavy atom. The van der Waals surface area contributed by atoms with Crippen LogP contribution >= 0.6 is 0 Å². The van der Waals surface area contributed by atoms with Crippen LogP contribution in [0.15, 0.2) is 18.2 Å². The lowest BCUT2D eigenvalue weighted by atomic mass is 10.0. The van der Waals surface area contributed by atoms with Crippen molar-refractivity contribution in [2.24, 2.45) is 5.73 Å². The molecule has 0 bridgehead atoms. The molecule has 0 fully saturated rings. The summed E-state index contributed by atoms with van der Waals surface area (Å²) in [5.41, 5.74) is 6.78. The normalized spacial score (nSPS) is 13.1. The maximum absolute atomic E-state index is 13.3. The molecule has 1 rings (SSSR count). The van der Waals surface area contributed by atoms with E-state index in [0.29, 0.717) is 24.8 Å². The van der Waals surface area contributed by atoms with Crippen molar-refractivity contribution >= 4 is 0 Å². The summed E-state index contributed by atoms with van der Waals surface area (Å²) in [6, 6.07) is 3.92. The van der Waals surface area contributed by atoms with Gasteiger partial charge in [-0.1, -0.05) is 19.9 Å². The predicted octanol–water partition coefficient (Wildman–Crippen LogP) is 3.10. The molecule has 0 aromatic heterocycles. The summed E-state index contributed by atoms with van der Waals surface area (Å²) in [5, 5.41) is 0. The number of ether oxygens (including phenoxy) is 1. The highest BCUT2D eigenvalue weighted by Crippen LogP contribution is 2.18. The van der Waals surface area contributed by atoms with Gasteiger partial charge in [-0.15, -0.1) is 0 Å². The minimum absolute atomic E-state index is 0.349. The molecule has 0 amide bonds. The second kappa shape index (κ2) is 9.07. The van der Waals surface area contributed by atoms with Gasteiger partial charge in [-0.2, -0.15) is 0 Å². The van der Waals surface area contributed by atoms with E-state index in [9.17, 15) is 8.78 Å². The van der Waals surface area contributed by atoms with Crippen LogP contribution in [0, 0.1) is 11.6 Å². The van der Waals surface area contributed by atoms with Crippen molar-refractivity contribution in [3.05, 3.63) is 35.4 Å². The summed E-state index contributed by atoms with van der Waals surface area (Å²) >= 11 is 0. The van der Waals surface area contributed by atoms with Crippen LogP contribution in [0.4, 0.5) is 8.78 Å². The zero-order valence-corrected chi connectivity index (χ0v) is 13.1. The molecule has 1 aromatic carbocycles. The molecule has 21 heavy (non-hydrogen) atoms. The lowest BCUT2D eigenvalue weighted by molar-refractivity contribution is 0.110. The first-order chi connectivity index (χ1) is 10.0. The number of nitrogens with two attached hydrogens (primary N) is 1. The lowest BCUT2D eigenvalue weighted by Gasteiger charge is -2.32. The molecule has 1 unspecified atom stereocenters. The van der Waals surface area contributed by atoms with Gasteiger partial charge in [0.1, 0.15) is 0 Å². The third-order valence-corrected chi connectivity index (χ3v) is 3.84. The molecule has 0 heterocycles. The molecule has 120 valence electrons. The van der Waals surface area contributed by atoms with Gasteiger partial charge in [0.05, 0.1) is 6.61 Å². The maximum Gasteiger partial charge on any atom is 0.159 e. The zero-order chi connectivity index (χ0) is 15.8. The van der Waals surface area contributed by atoms with Gasteiger partial charge in [0, 0.05) is 32.3 Å². The van der Waals surface area contributed by atoms with Gasteiger partial charge in [-0.05, 0) is 30.5 Å².